The van der Waals surface area contributed by atoms with Crippen molar-refractivity contribution in [1.29, 1.82) is 0 Å². The number of rotatable bonds is 9. The first-order valence-corrected chi connectivity index (χ1v) is 17.3. The Morgan fingerprint density at radius 3 is 2.57 bits per heavy atom. The van der Waals surface area contributed by atoms with Gasteiger partial charge >= 0.3 is 7.12 Å². The minimum Gasteiger partial charge on any atom is -0.504 e. The lowest BCUT2D eigenvalue weighted by atomic mass is 9.58. The molecule has 0 unspecified atom stereocenters. The molecule has 2 aromatic rings. The van der Waals surface area contributed by atoms with Gasteiger partial charge in [0, 0.05) is 25.7 Å². The Hall–Kier alpha value is -2.71. The fourth-order valence-electron chi connectivity index (χ4n) is 8.02. The smallest absolute Gasteiger partial charge is 0.455 e. The van der Waals surface area contributed by atoms with Gasteiger partial charge in [0.1, 0.15) is 0 Å². The van der Waals surface area contributed by atoms with E-state index in [9.17, 15) is 24.8 Å². The number of fused-ring (bicyclic) bond motifs is 3. The summed E-state index contributed by atoms with van der Waals surface area (Å²) in [6, 6.07) is 13.9. The molecular weight excluding hydrogens is 698 g/mol. The van der Waals surface area contributed by atoms with Gasteiger partial charge < -0.3 is 24.6 Å². The molecule has 0 bridgehead atoms. The maximum absolute atomic E-state index is 14.1. The maximum Gasteiger partial charge on any atom is 0.455 e. The average molecular weight is 740 g/mol. The zero-order chi connectivity index (χ0) is 32.5. The van der Waals surface area contributed by atoms with Crippen molar-refractivity contribution in [2.45, 2.75) is 64.0 Å². The number of carbonyl (C=O) groups is 2. The van der Waals surface area contributed by atoms with E-state index in [0.29, 0.717) is 28.6 Å². The lowest BCUT2D eigenvalue weighted by Crippen LogP contribution is -2.48. The van der Waals surface area contributed by atoms with Gasteiger partial charge in [-0.2, -0.15) is 0 Å². The van der Waals surface area contributed by atoms with E-state index in [1.807, 2.05) is 37.3 Å². The van der Waals surface area contributed by atoms with Crippen molar-refractivity contribution in [3.8, 4) is 11.5 Å². The number of nitrogens with zero attached hydrogens (tertiary/aromatic N) is 2. The number of likely N-dealkylation sites (tertiary alicyclic amines) is 2. The van der Waals surface area contributed by atoms with Gasteiger partial charge in [-0.1, -0.05) is 42.0 Å². The number of aliphatic hydroxyl groups excluding tert-OH is 1. The van der Waals surface area contributed by atoms with E-state index in [0.717, 1.165) is 54.8 Å². The zero-order valence-electron chi connectivity index (χ0n) is 26.4. The number of methoxy groups -OCH3 is 1. The molecule has 244 valence electrons. The van der Waals surface area contributed by atoms with E-state index in [-0.39, 0.29) is 42.5 Å². The molecule has 2 amide bonds. The number of phenols is 1. The minimum absolute atomic E-state index is 0.111. The van der Waals surface area contributed by atoms with Crippen LogP contribution in [-0.2, 0) is 20.8 Å². The van der Waals surface area contributed by atoms with Gasteiger partial charge in [-0.05, 0) is 108 Å². The van der Waals surface area contributed by atoms with Crippen LogP contribution in [0.3, 0.4) is 0 Å². The Bertz CT molecular complexity index is 1520. The van der Waals surface area contributed by atoms with Gasteiger partial charge in [0.2, 0.25) is 11.8 Å². The quantitative estimate of drug-likeness (QED) is 0.147. The second-order valence-corrected chi connectivity index (χ2v) is 14.3. The highest BCUT2D eigenvalue weighted by molar-refractivity contribution is 14.1. The van der Waals surface area contributed by atoms with Crippen LogP contribution >= 0.6 is 22.6 Å². The third-order valence-electron chi connectivity index (χ3n) is 10.2. The third kappa shape index (κ3) is 6.67. The summed E-state index contributed by atoms with van der Waals surface area (Å²) in [5, 5.41) is 31.5. The van der Waals surface area contributed by atoms with Crippen LogP contribution in [0.25, 0.3) is 6.08 Å². The van der Waals surface area contributed by atoms with Crippen LogP contribution < -0.4 is 4.74 Å². The molecule has 1 aliphatic carbocycles. The molecule has 3 saturated heterocycles. The molecule has 46 heavy (non-hydrogen) atoms. The molecule has 0 aromatic heterocycles. The number of allylic oxidation sites excluding steroid dienone is 1. The molecule has 11 heteroatoms. The standard InChI is InChI=1S/C35H42BIN2O7/c1-21(14-23-15-28(37)33(41)30(16-23)45-2)8-9-29-31-24(20-40)17-26-32(27(31)18-36(44)46-29)35(43)39(34(26)42)25-10-12-38(13-11-25)19-22-6-4-3-5-7-22/h3-7,14-16,25-27,29,32,40-41,44H,8-13,17-20H2,1-2H3/b21-14+/t26-,27+,29-,32-/m1/s1. The topological polar surface area (TPSA) is 120 Å². The van der Waals surface area contributed by atoms with Crippen LogP contribution in [-0.4, -0.2) is 82.9 Å². The number of phenolic OH excluding ortho intramolecular Hbond substituents is 1. The molecule has 6 rings (SSSR count). The largest absolute Gasteiger partial charge is 0.504 e. The second-order valence-electron chi connectivity index (χ2n) is 13.1. The summed E-state index contributed by atoms with van der Waals surface area (Å²) in [6.45, 7) is 4.30. The zero-order valence-corrected chi connectivity index (χ0v) is 28.6. The molecule has 0 saturated carbocycles. The molecule has 3 aliphatic heterocycles. The van der Waals surface area contributed by atoms with Gasteiger partial charge in [0.25, 0.3) is 0 Å². The Balaban J connectivity index is 1.16. The number of hydrogen-bond acceptors (Lipinski definition) is 8. The normalized spacial score (nSPS) is 26.1. The highest BCUT2D eigenvalue weighted by Gasteiger charge is 2.58. The summed E-state index contributed by atoms with van der Waals surface area (Å²) >= 11 is 2.07. The molecule has 9 nitrogen and oxygen atoms in total. The summed E-state index contributed by atoms with van der Waals surface area (Å²) in [5.74, 6) is -1.13. The minimum atomic E-state index is -1.05. The fourth-order valence-corrected chi connectivity index (χ4v) is 8.65. The van der Waals surface area contributed by atoms with Gasteiger partial charge in [0.15, 0.2) is 11.5 Å². The van der Waals surface area contributed by atoms with E-state index in [1.54, 1.807) is 11.0 Å². The number of aromatic hydroxyl groups is 1. The van der Waals surface area contributed by atoms with Crippen LogP contribution in [0.1, 0.15) is 50.2 Å². The monoisotopic (exact) mass is 740 g/mol. The number of amides is 2. The van der Waals surface area contributed by atoms with Crippen molar-refractivity contribution < 1.29 is 34.2 Å². The number of piperidine rings is 1. The van der Waals surface area contributed by atoms with Crippen LogP contribution in [0, 0.1) is 21.3 Å². The van der Waals surface area contributed by atoms with E-state index in [1.165, 1.54) is 12.7 Å². The molecule has 3 N–H and O–H groups in total. The van der Waals surface area contributed by atoms with Crippen LogP contribution in [0.5, 0.6) is 11.5 Å². The molecule has 3 heterocycles. The van der Waals surface area contributed by atoms with Crippen LogP contribution in [0.15, 0.2) is 59.2 Å². The first-order valence-electron chi connectivity index (χ1n) is 16.2. The summed E-state index contributed by atoms with van der Waals surface area (Å²) in [7, 11) is 0.467. The Morgan fingerprint density at radius 1 is 1.13 bits per heavy atom. The van der Waals surface area contributed by atoms with Crippen molar-refractivity contribution in [3.05, 3.63) is 73.9 Å². The molecule has 4 atom stereocenters. The van der Waals surface area contributed by atoms with Crippen LogP contribution in [0.2, 0.25) is 6.32 Å². The van der Waals surface area contributed by atoms with Crippen molar-refractivity contribution in [3.63, 3.8) is 0 Å². The van der Waals surface area contributed by atoms with Crippen molar-refractivity contribution in [1.82, 2.24) is 9.80 Å². The first-order chi connectivity index (χ1) is 22.2. The van der Waals surface area contributed by atoms with Crippen molar-refractivity contribution in [2.75, 3.05) is 26.8 Å². The number of carbonyl (C=O) groups excluding carboxylic acids is 2. The second kappa shape index (κ2) is 14.2. The molecular formula is C35H42BIN2O7. The SMILES string of the molecule is COc1cc(/C=C(\C)CC[C@H]2OB(O)C[C@H]3C2=C(CO)C[C@H]2C(=O)N(C4CCN(Cc5ccccc5)CC4)C(=O)[C@H]23)cc(I)c1O. The van der Waals surface area contributed by atoms with Gasteiger partial charge in [-0.3, -0.25) is 19.4 Å². The third-order valence-corrected chi connectivity index (χ3v) is 11.0. The highest BCUT2D eigenvalue weighted by atomic mass is 127. The lowest BCUT2D eigenvalue weighted by molar-refractivity contribution is -0.144. The van der Waals surface area contributed by atoms with Crippen molar-refractivity contribution >= 4 is 47.6 Å². The average Bonchev–Trinajstić information content (AvgIpc) is 3.30. The number of imide groups is 1. The summed E-state index contributed by atoms with van der Waals surface area (Å²) in [5.41, 5.74) is 4.88. The van der Waals surface area contributed by atoms with Crippen molar-refractivity contribution in [2.24, 2.45) is 17.8 Å². The predicted octanol–water partition coefficient (Wildman–Crippen LogP) is 4.64. The van der Waals surface area contributed by atoms with E-state index in [2.05, 4.69) is 39.6 Å². The molecule has 0 spiro atoms. The summed E-state index contributed by atoms with van der Waals surface area (Å²) in [6.07, 6.45) is 4.84. The molecule has 3 fully saturated rings. The molecule has 4 aliphatic rings. The van der Waals surface area contributed by atoms with E-state index >= 15 is 0 Å². The van der Waals surface area contributed by atoms with Gasteiger partial charge in [0.05, 0.1) is 35.2 Å². The number of ether oxygens (including phenoxy) is 1. The number of aliphatic hydroxyl groups is 1. The highest BCUT2D eigenvalue weighted by Crippen LogP contribution is 2.51. The van der Waals surface area contributed by atoms with Crippen LogP contribution in [0.4, 0.5) is 0 Å². The van der Waals surface area contributed by atoms with Gasteiger partial charge in [-0.15, -0.1) is 0 Å². The number of hydrogen-bond donors (Lipinski definition) is 3. The Morgan fingerprint density at radius 2 is 1.87 bits per heavy atom. The maximum atomic E-state index is 14.1. The fraction of sp³-hybridized carbons (Fsp3) is 0.486. The predicted molar refractivity (Wildman–Crippen MR) is 184 cm³/mol. The Labute approximate surface area is 284 Å². The van der Waals surface area contributed by atoms with E-state index in [4.69, 9.17) is 9.39 Å². The lowest BCUT2D eigenvalue weighted by Gasteiger charge is -2.43. The van der Waals surface area contributed by atoms with E-state index < -0.39 is 25.1 Å². The molecule has 2 aromatic carbocycles. The number of halogens is 1. The molecule has 0 radical (unpaired) electrons. The van der Waals surface area contributed by atoms with Gasteiger partial charge in [-0.25, -0.2) is 0 Å². The number of benzene rings is 2. The summed E-state index contributed by atoms with van der Waals surface area (Å²) in [4.78, 5) is 31.9. The summed E-state index contributed by atoms with van der Waals surface area (Å²) < 4.78 is 12.1. The Kier molecular flexibility index (Phi) is 10.2. The first kappa shape index (κ1) is 33.2.